The molecular weight excluding hydrogens is 383 g/mol. The summed E-state index contributed by atoms with van der Waals surface area (Å²) < 4.78 is 78.6. The summed E-state index contributed by atoms with van der Waals surface area (Å²) in [5, 5.41) is 0. The van der Waals surface area contributed by atoms with Crippen molar-refractivity contribution in [3.8, 4) is 11.5 Å². The van der Waals surface area contributed by atoms with E-state index in [1.807, 2.05) is 0 Å². The van der Waals surface area contributed by atoms with Crippen LogP contribution in [0.4, 0.5) is 13.2 Å². The van der Waals surface area contributed by atoms with Gasteiger partial charge < -0.3 is 9.47 Å². The fourth-order valence-electron chi connectivity index (χ4n) is 2.78. The van der Waals surface area contributed by atoms with Gasteiger partial charge in [0.15, 0.2) is 23.1 Å². The van der Waals surface area contributed by atoms with E-state index in [9.17, 15) is 21.6 Å². The van der Waals surface area contributed by atoms with Gasteiger partial charge in [-0.15, -0.1) is 0 Å². The fraction of sp³-hybridized carbons (Fsp3) is 0.333. The molecule has 1 atom stereocenters. The zero-order valence-corrected chi connectivity index (χ0v) is 15.3. The molecule has 0 spiro atoms. The van der Waals surface area contributed by atoms with E-state index >= 15 is 0 Å². The Labute approximate surface area is 155 Å². The summed E-state index contributed by atoms with van der Waals surface area (Å²) in [4.78, 5) is -0.910. The third kappa shape index (κ3) is 4.03. The van der Waals surface area contributed by atoms with Gasteiger partial charge in [-0.05, 0) is 24.6 Å². The highest BCUT2D eigenvalue weighted by Crippen LogP contribution is 2.31. The number of sulfonamides is 1. The Morgan fingerprint density at radius 3 is 2.44 bits per heavy atom. The third-order valence-corrected chi connectivity index (χ3v) is 5.92. The standard InChI is InChI=1S/C18H18F3NO4S/c1-2-7-22(10-12-11-25-16-5-3-4-6-17(16)26-12)27(23,24)18-9-14(20)13(19)8-15(18)21/h3-6,8-9,12H,2,7,10-11H2,1H3. The number of hydrogen-bond donors (Lipinski definition) is 0. The molecule has 0 aromatic heterocycles. The van der Waals surface area contributed by atoms with Crippen LogP contribution in [0, 0.1) is 17.5 Å². The van der Waals surface area contributed by atoms with Gasteiger partial charge in [-0.2, -0.15) is 4.31 Å². The number of ether oxygens (including phenoxy) is 2. The van der Waals surface area contributed by atoms with Crippen LogP contribution in [0.5, 0.6) is 11.5 Å². The molecule has 9 heteroatoms. The van der Waals surface area contributed by atoms with E-state index in [0.717, 1.165) is 4.31 Å². The van der Waals surface area contributed by atoms with Gasteiger partial charge in [-0.3, -0.25) is 0 Å². The highest BCUT2D eigenvalue weighted by atomic mass is 32.2. The lowest BCUT2D eigenvalue weighted by Crippen LogP contribution is -2.44. The van der Waals surface area contributed by atoms with E-state index in [2.05, 4.69) is 0 Å². The summed E-state index contributed by atoms with van der Waals surface area (Å²) in [6, 6.07) is 7.53. The zero-order valence-electron chi connectivity index (χ0n) is 14.5. The van der Waals surface area contributed by atoms with Crippen LogP contribution in [0.2, 0.25) is 0 Å². The van der Waals surface area contributed by atoms with E-state index in [4.69, 9.17) is 9.47 Å². The molecule has 2 aromatic carbocycles. The molecule has 0 saturated carbocycles. The summed E-state index contributed by atoms with van der Waals surface area (Å²) in [6.07, 6.45) is -0.191. The van der Waals surface area contributed by atoms with Gasteiger partial charge in [0.25, 0.3) is 0 Å². The molecule has 1 aliphatic rings. The average Bonchev–Trinajstić information content (AvgIpc) is 2.64. The lowest BCUT2D eigenvalue weighted by molar-refractivity contribution is 0.0763. The zero-order chi connectivity index (χ0) is 19.6. The molecule has 1 unspecified atom stereocenters. The van der Waals surface area contributed by atoms with Crippen molar-refractivity contribution in [1.29, 1.82) is 0 Å². The summed E-state index contributed by atoms with van der Waals surface area (Å²) >= 11 is 0. The van der Waals surface area contributed by atoms with Crippen molar-refractivity contribution in [1.82, 2.24) is 4.31 Å². The first-order chi connectivity index (χ1) is 12.8. The van der Waals surface area contributed by atoms with Crippen LogP contribution >= 0.6 is 0 Å². The second kappa shape index (κ2) is 7.77. The van der Waals surface area contributed by atoms with Crippen molar-refractivity contribution in [2.75, 3.05) is 19.7 Å². The summed E-state index contributed by atoms with van der Waals surface area (Å²) in [6.45, 7) is 1.79. The maximum atomic E-state index is 14.0. The van der Waals surface area contributed by atoms with Crippen LogP contribution in [0.25, 0.3) is 0 Å². The minimum absolute atomic E-state index is 0.0578. The van der Waals surface area contributed by atoms with Crippen LogP contribution in [-0.2, 0) is 10.0 Å². The molecule has 0 radical (unpaired) electrons. The van der Waals surface area contributed by atoms with Gasteiger partial charge in [0.1, 0.15) is 23.4 Å². The Hall–Kier alpha value is -2.26. The molecule has 3 rings (SSSR count). The predicted molar refractivity (Wildman–Crippen MR) is 91.7 cm³/mol. The van der Waals surface area contributed by atoms with E-state index in [0.29, 0.717) is 24.0 Å². The van der Waals surface area contributed by atoms with E-state index in [1.54, 1.807) is 31.2 Å². The van der Waals surface area contributed by atoms with E-state index in [1.165, 1.54) is 0 Å². The molecule has 0 N–H and O–H groups in total. The first-order valence-electron chi connectivity index (χ1n) is 8.36. The Morgan fingerprint density at radius 2 is 1.74 bits per heavy atom. The van der Waals surface area contributed by atoms with Crippen LogP contribution in [0.15, 0.2) is 41.3 Å². The highest BCUT2D eigenvalue weighted by Gasteiger charge is 2.32. The maximum Gasteiger partial charge on any atom is 0.246 e. The van der Waals surface area contributed by atoms with Crippen molar-refractivity contribution in [3.05, 3.63) is 53.8 Å². The number of fused-ring (bicyclic) bond motifs is 1. The lowest BCUT2D eigenvalue weighted by Gasteiger charge is -2.30. The van der Waals surface area contributed by atoms with Gasteiger partial charge in [0.2, 0.25) is 10.0 Å². The normalized spacial score (nSPS) is 16.6. The molecule has 1 aliphatic heterocycles. The quantitative estimate of drug-likeness (QED) is 0.697. The Kier molecular flexibility index (Phi) is 5.61. The Balaban J connectivity index is 1.86. The number of hydrogen-bond acceptors (Lipinski definition) is 4. The largest absolute Gasteiger partial charge is 0.486 e. The second-order valence-electron chi connectivity index (χ2n) is 6.06. The number of rotatable bonds is 6. The highest BCUT2D eigenvalue weighted by molar-refractivity contribution is 7.89. The minimum atomic E-state index is -4.39. The number of benzene rings is 2. The third-order valence-electron chi connectivity index (χ3n) is 4.04. The number of para-hydroxylation sites is 2. The molecule has 0 amide bonds. The maximum absolute atomic E-state index is 14.0. The SMILES string of the molecule is CCCN(CC1COc2ccccc2O1)S(=O)(=O)c1cc(F)c(F)cc1F. The summed E-state index contributed by atoms with van der Waals surface area (Å²) in [5.41, 5.74) is 0. The smallest absolute Gasteiger partial charge is 0.246 e. The minimum Gasteiger partial charge on any atom is -0.486 e. The van der Waals surface area contributed by atoms with Gasteiger partial charge >= 0.3 is 0 Å². The van der Waals surface area contributed by atoms with Crippen LogP contribution in [-0.4, -0.2) is 38.5 Å². The first-order valence-corrected chi connectivity index (χ1v) is 9.80. The number of nitrogens with zero attached hydrogens (tertiary/aromatic N) is 1. The van der Waals surface area contributed by atoms with Crippen molar-refractivity contribution in [2.24, 2.45) is 0 Å². The molecule has 27 heavy (non-hydrogen) atoms. The topological polar surface area (TPSA) is 55.8 Å². The molecule has 5 nitrogen and oxygen atoms in total. The molecular formula is C18H18F3NO4S. The van der Waals surface area contributed by atoms with Crippen molar-refractivity contribution >= 4 is 10.0 Å². The van der Waals surface area contributed by atoms with Gasteiger partial charge in [0.05, 0.1) is 6.54 Å². The van der Waals surface area contributed by atoms with E-state index in [-0.39, 0.29) is 25.8 Å². The average molecular weight is 401 g/mol. The number of halogens is 3. The van der Waals surface area contributed by atoms with Gasteiger partial charge in [0, 0.05) is 12.6 Å². The Bertz CT molecular complexity index is 936. The van der Waals surface area contributed by atoms with Crippen LogP contribution < -0.4 is 9.47 Å². The lowest BCUT2D eigenvalue weighted by atomic mass is 10.2. The molecule has 146 valence electrons. The molecule has 0 bridgehead atoms. The van der Waals surface area contributed by atoms with Crippen molar-refractivity contribution < 1.29 is 31.1 Å². The molecule has 1 heterocycles. The van der Waals surface area contributed by atoms with Crippen molar-refractivity contribution in [2.45, 2.75) is 24.3 Å². The molecule has 0 aliphatic carbocycles. The van der Waals surface area contributed by atoms with Gasteiger partial charge in [-0.1, -0.05) is 19.1 Å². The molecule has 2 aromatic rings. The summed E-state index contributed by atoms with van der Waals surface area (Å²) in [7, 11) is -4.39. The first kappa shape index (κ1) is 19.5. The fourth-order valence-corrected chi connectivity index (χ4v) is 4.40. The predicted octanol–water partition coefficient (Wildman–Crippen LogP) is 3.34. The van der Waals surface area contributed by atoms with Crippen LogP contribution in [0.3, 0.4) is 0 Å². The van der Waals surface area contributed by atoms with Gasteiger partial charge in [-0.25, -0.2) is 21.6 Å². The molecule has 0 fully saturated rings. The van der Waals surface area contributed by atoms with E-state index < -0.39 is 38.5 Å². The summed E-state index contributed by atoms with van der Waals surface area (Å²) in [5.74, 6) is -3.21. The molecule has 0 saturated heterocycles. The van der Waals surface area contributed by atoms with Crippen molar-refractivity contribution in [3.63, 3.8) is 0 Å². The Morgan fingerprint density at radius 1 is 1.07 bits per heavy atom. The monoisotopic (exact) mass is 401 g/mol. The van der Waals surface area contributed by atoms with Crippen LogP contribution in [0.1, 0.15) is 13.3 Å². The second-order valence-corrected chi connectivity index (χ2v) is 7.96.